The lowest BCUT2D eigenvalue weighted by Gasteiger charge is -2.34. The van der Waals surface area contributed by atoms with Gasteiger partial charge in [0.25, 0.3) is 5.91 Å². The van der Waals surface area contributed by atoms with E-state index in [0.717, 1.165) is 29.7 Å². The third-order valence-corrected chi connectivity index (χ3v) is 7.59. The SMILES string of the molecule is CC(C)CN1CC(=O)N(C)C2CCc3c(c(nn3C)C(=O)NCCN(Cc3cnn(C)c3)CCCC1=O)C2. The molecular weight excluding hydrogens is 484 g/mol. The minimum atomic E-state index is -0.180. The Labute approximate surface area is 225 Å². The van der Waals surface area contributed by atoms with Crippen LogP contribution in [0, 0.1) is 5.92 Å². The molecule has 0 spiro atoms. The first-order valence-corrected chi connectivity index (χ1v) is 13.7. The van der Waals surface area contributed by atoms with Gasteiger partial charge in [0.1, 0.15) is 0 Å². The van der Waals surface area contributed by atoms with E-state index in [0.29, 0.717) is 57.7 Å². The monoisotopic (exact) mass is 526 g/mol. The van der Waals surface area contributed by atoms with Gasteiger partial charge in [-0.2, -0.15) is 10.2 Å². The van der Waals surface area contributed by atoms with Crippen molar-refractivity contribution in [2.45, 2.75) is 58.5 Å². The zero-order valence-corrected chi connectivity index (χ0v) is 23.4. The second kappa shape index (κ2) is 12.1. The van der Waals surface area contributed by atoms with E-state index in [2.05, 4.69) is 34.3 Å². The van der Waals surface area contributed by atoms with Gasteiger partial charge in [0.05, 0.1) is 12.7 Å². The minimum Gasteiger partial charge on any atom is -0.349 e. The van der Waals surface area contributed by atoms with Crippen molar-refractivity contribution in [2.24, 2.45) is 20.0 Å². The highest BCUT2D eigenvalue weighted by molar-refractivity contribution is 5.94. The van der Waals surface area contributed by atoms with Crippen LogP contribution in [0.25, 0.3) is 0 Å². The fraction of sp³-hybridized carbons (Fsp3) is 0.667. The Hall–Kier alpha value is -3.21. The van der Waals surface area contributed by atoms with E-state index < -0.39 is 0 Å². The number of fused-ring (bicyclic) bond motifs is 1. The molecule has 0 fully saturated rings. The number of nitrogens with zero attached hydrogens (tertiary/aromatic N) is 7. The van der Waals surface area contributed by atoms with Crippen LogP contribution in [0.5, 0.6) is 0 Å². The molecule has 208 valence electrons. The van der Waals surface area contributed by atoms with Gasteiger partial charge < -0.3 is 15.1 Å². The summed E-state index contributed by atoms with van der Waals surface area (Å²) >= 11 is 0. The van der Waals surface area contributed by atoms with Gasteiger partial charge >= 0.3 is 0 Å². The molecule has 0 aromatic carbocycles. The molecule has 0 radical (unpaired) electrons. The smallest absolute Gasteiger partial charge is 0.272 e. The molecular formula is C27H42N8O3. The molecule has 3 heterocycles. The van der Waals surface area contributed by atoms with Crippen molar-refractivity contribution in [3.05, 3.63) is 34.9 Å². The number of amides is 3. The highest BCUT2D eigenvalue weighted by Crippen LogP contribution is 2.27. The Bertz CT molecular complexity index is 1150. The van der Waals surface area contributed by atoms with Gasteiger partial charge in [-0.05, 0) is 38.1 Å². The maximum Gasteiger partial charge on any atom is 0.272 e. The molecule has 1 aliphatic heterocycles. The Morgan fingerprint density at radius 3 is 2.58 bits per heavy atom. The molecule has 1 unspecified atom stereocenters. The number of rotatable bonds is 4. The predicted octanol–water partition coefficient (Wildman–Crippen LogP) is 0.980. The van der Waals surface area contributed by atoms with Crippen LogP contribution in [0.4, 0.5) is 0 Å². The van der Waals surface area contributed by atoms with Gasteiger partial charge in [-0.25, -0.2) is 0 Å². The van der Waals surface area contributed by atoms with Crippen LogP contribution in [-0.4, -0.2) is 97.8 Å². The number of likely N-dealkylation sites (N-methyl/N-ethyl adjacent to an activating group) is 1. The number of aromatic nitrogens is 4. The molecule has 11 heteroatoms. The van der Waals surface area contributed by atoms with Crippen LogP contribution in [0.3, 0.4) is 0 Å². The molecule has 2 aromatic rings. The first-order chi connectivity index (χ1) is 18.1. The van der Waals surface area contributed by atoms with Gasteiger partial charge in [0.15, 0.2) is 5.69 Å². The molecule has 1 aliphatic carbocycles. The lowest BCUT2D eigenvalue weighted by molar-refractivity contribution is -0.141. The fourth-order valence-electron chi connectivity index (χ4n) is 5.56. The highest BCUT2D eigenvalue weighted by Gasteiger charge is 2.32. The Balaban J connectivity index is 1.58. The second-order valence-electron chi connectivity index (χ2n) is 11.1. The normalized spacial score (nSPS) is 20.7. The number of hydrogen-bond donors (Lipinski definition) is 1. The number of hydrogen-bond acceptors (Lipinski definition) is 6. The van der Waals surface area contributed by atoms with E-state index in [9.17, 15) is 14.4 Å². The van der Waals surface area contributed by atoms with Crippen LogP contribution in [0.2, 0.25) is 0 Å². The quantitative estimate of drug-likeness (QED) is 0.636. The van der Waals surface area contributed by atoms with Crippen molar-refractivity contribution in [3.8, 4) is 0 Å². The molecule has 0 saturated carbocycles. The predicted molar refractivity (Wildman–Crippen MR) is 143 cm³/mol. The van der Waals surface area contributed by atoms with Gasteiger partial charge in [-0.15, -0.1) is 0 Å². The summed E-state index contributed by atoms with van der Waals surface area (Å²) < 4.78 is 3.58. The molecule has 2 aliphatic rings. The summed E-state index contributed by atoms with van der Waals surface area (Å²) in [6, 6.07) is -0.0348. The van der Waals surface area contributed by atoms with E-state index in [1.165, 1.54) is 0 Å². The highest BCUT2D eigenvalue weighted by atomic mass is 16.2. The van der Waals surface area contributed by atoms with Crippen molar-refractivity contribution in [1.82, 2.24) is 39.6 Å². The standard InChI is InChI=1S/C27H42N8O3/c1-19(2)15-35-18-25(37)32(4)21-8-9-23-22(13-21)26(30-33(23)5)27(38)28-10-12-34(11-6-7-24(35)36)17-20-14-29-31(3)16-20/h14,16,19,21H,6-13,15,17-18H2,1-5H3,(H,28,38). The van der Waals surface area contributed by atoms with E-state index in [1.807, 2.05) is 33.5 Å². The van der Waals surface area contributed by atoms with Crippen LogP contribution in [0.15, 0.2) is 12.4 Å². The number of carbonyl (C=O) groups excluding carboxylic acids is 3. The molecule has 0 saturated heterocycles. The van der Waals surface area contributed by atoms with Crippen LogP contribution in [-0.2, 0) is 43.1 Å². The average molecular weight is 527 g/mol. The Morgan fingerprint density at radius 2 is 1.87 bits per heavy atom. The van der Waals surface area contributed by atoms with Crippen LogP contribution in [0.1, 0.15) is 60.4 Å². The third-order valence-electron chi connectivity index (χ3n) is 7.59. The summed E-state index contributed by atoms with van der Waals surface area (Å²) in [6.07, 6.45) is 7.01. The maximum absolute atomic E-state index is 13.3. The zero-order valence-electron chi connectivity index (χ0n) is 23.4. The maximum atomic E-state index is 13.3. The largest absolute Gasteiger partial charge is 0.349 e. The Morgan fingerprint density at radius 1 is 1.08 bits per heavy atom. The topological polar surface area (TPSA) is 109 Å². The number of nitrogens with one attached hydrogen (secondary N) is 1. The number of aryl methyl sites for hydroxylation is 2. The Kier molecular flexibility index (Phi) is 8.86. The van der Waals surface area contributed by atoms with Crippen LogP contribution >= 0.6 is 0 Å². The van der Waals surface area contributed by atoms with Crippen molar-refractivity contribution in [3.63, 3.8) is 0 Å². The molecule has 1 N–H and O–H groups in total. The van der Waals surface area contributed by atoms with Crippen molar-refractivity contribution in [2.75, 3.05) is 39.8 Å². The van der Waals surface area contributed by atoms with E-state index >= 15 is 0 Å². The molecule has 38 heavy (non-hydrogen) atoms. The summed E-state index contributed by atoms with van der Waals surface area (Å²) in [4.78, 5) is 45.5. The first-order valence-electron chi connectivity index (χ1n) is 13.7. The molecule has 11 nitrogen and oxygen atoms in total. The molecule has 2 bridgehead atoms. The fourth-order valence-corrected chi connectivity index (χ4v) is 5.56. The first kappa shape index (κ1) is 27.8. The van der Waals surface area contributed by atoms with Gasteiger partial charge in [-0.3, -0.25) is 28.6 Å². The summed E-state index contributed by atoms with van der Waals surface area (Å²) in [7, 11) is 5.58. The summed E-state index contributed by atoms with van der Waals surface area (Å²) in [6.45, 7) is 7.25. The molecule has 4 rings (SSSR count). The van der Waals surface area contributed by atoms with Gasteiger partial charge in [0.2, 0.25) is 11.8 Å². The van der Waals surface area contributed by atoms with Gasteiger partial charge in [-0.1, -0.05) is 13.8 Å². The average Bonchev–Trinajstić information content (AvgIpc) is 3.43. The third kappa shape index (κ3) is 6.61. The summed E-state index contributed by atoms with van der Waals surface area (Å²) in [5.74, 6) is 0.0330. The van der Waals surface area contributed by atoms with E-state index in [1.54, 1.807) is 19.2 Å². The number of carbonyl (C=O) groups is 3. The lowest BCUT2D eigenvalue weighted by atomic mass is 9.90. The second-order valence-corrected chi connectivity index (χ2v) is 11.1. The van der Waals surface area contributed by atoms with Crippen LogP contribution < -0.4 is 5.32 Å². The zero-order chi connectivity index (χ0) is 27.4. The minimum absolute atomic E-state index is 0.0138. The summed E-state index contributed by atoms with van der Waals surface area (Å²) in [5.41, 5.74) is 3.51. The summed E-state index contributed by atoms with van der Waals surface area (Å²) in [5, 5.41) is 11.9. The molecule has 3 amide bonds. The molecule has 1 atom stereocenters. The van der Waals surface area contributed by atoms with E-state index in [4.69, 9.17) is 0 Å². The van der Waals surface area contributed by atoms with Gasteiger partial charge in [0, 0.05) is 82.8 Å². The van der Waals surface area contributed by atoms with E-state index in [-0.39, 0.29) is 36.2 Å². The molecule has 2 aromatic heterocycles. The lowest BCUT2D eigenvalue weighted by Crippen LogP contribution is -2.47. The van der Waals surface area contributed by atoms with Crippen molar-refractivity contribution >= 4 is 17.7 Å². The van der Waals surface area contributed by atoms with Crippen molar-refractivity contribution < 1.29 is 14.4 Å². The van der Waals surface area contributed by atoms with Crippen molar-refractivity contribution in [1.29, 1.82) is 0 Å².